The Balaban J connectivity index is 3.55. The van der Waals surface area contributed by atoms with Crippen molar-refractivity contribution < 1.29 is 22.8 Å². The zero-order valence-electron chi connectivity index (χ0n) is 8.06. The van der Waals surface area contributed by atoms with Gasteiger partial charge in [0.25, 0.3) is 0 Å². The number of carbonyl (C=O) groups is 2. The molecule has 86 valence electrons. The van der Waals surface area contributed by atoms with Crippen LogP contribution in [-0.2, 0) is 6.18 Å². The lowest BCUT2D eigenvalue weighted by Gasteiger charge is -2.11. The van der Waals surface area contributed by atoms with E-state index in [1.807, 2.05) is 0 Å². The molecule has 1 aromatic rings. The summed E-state index contributed by atoms with van der Waals surface area (Å²) in [6, 6.07) is 1.67. The number of hydrogen-bond donors (Lipinski definition) is 0. The minimum absolute atomic E-state index is 0.0229. The molecule has 0 saturated carbocycles. The summed E-state index contributed by atoms with van der Waals surface area (Å²) in [4.78, 5) is 21.5. The number of rotatable bonds is 2. The molecule has 1 aromatic carbocycles. The molecule has 0 aliphatic heterocycles. The molecule has 0 fully saturated rings. The number of ketones is 1. The second kappa shape index (κ2) is 4.25. The highest BCUT2D eigenvalue weighted by Gasteiger charge is 2.35. The summed E-state index contributed by atoms with van der Waals surface area (Å²) >= 11 is 5.50. The zero-order chi connectivity index (χ0) is 12.5. The maximum absolute atomic E-state index is 12.5. The van der Waals surface area contributed by atoms with Crippen molar-refractivity contribution in [3.05, 3.63) is 33.8 Å². The molecule has 0 unspecified atom stereocenters. The third-order valence-corrected chi connectivity index (χ3v) is 2.27. The fraction of sp³-hybridized carbons (Fsp3) is 0.200. The molecule has 0 heterocycles. The van der Waals surface area contributed by atoms with Crippen molar-refractivity contribution in [3.63, 3.8) is 0 Å². The molecule has 0 aromatic heterocycles. The molecular formula is C10H6ClF3O2. The minimum atomic E-state index is -4.72. The molecule has 16 heavy (non-hydrogen) atoms. The van der Waals surface area contributed by atoms with Gasteiger partial charge in [0, 0.05) is 11.1 Å². The first kappa shape index (κ1) is 12.7. The Bertz CT molecular complexity index is 452. The van der Waals surface area contributed by atoms with Crippen LogP contribution < -0.4 is 0 Å². The molecular weight excluding hydrogens is 245 g/mol. The van der Waals surface area contributed by atoms with Crippen molar-refractivity contribution in [3.8, 4) is 0 Å². The molecule has 0 saturated heterocycles. The quantitative estimate of drug-likeness (QED) is 0.596. The second-order valence-corrected chi connectivity index (χ2v) is 3.50. The standard InChI is InChI=1S/C10H6ClF3O2/c1-5(16)6-2-8(10(12,13)14)7(4-15)9(11)3-6/h2-4H,1H3. The van der Waals surface area contributed by atoms with Crippen LogP contribution in [0.4, 0.5) is 13.2 Å². The van der Waals surface area contributed by atoms with Crippen molar-refractivity contribution in [2.45, 2.75) is 13.1 Å². The lowest BCUT2D eigenvalue weighted by molar-refractivity contribution is -0.137. The molecule has 0 amide bonds. The number of carbonyl (C=O) groups excluding carboxylic acids is 2. The van der Waals surface area contributed by atoms with E-state index in [0.717, 1.165) is 13.0 Å². The van der Waals surface area contributed by atoms with Crippen LogP contribution in [0.25, 0.3) is 0 Å². The molecule has 0 N–H and O–H groups in total. The summed E-state index contributed by atoms with van der Waals surface area (Å²) in [5.74, 6) is -0.551. The Morgan fingerprint density at radius 3 is 2.31 bits per heavy atom. The average molecular weight is 251 g/mol. The van der Waals surface area contributed by atoms with Gasteiger partial charge in [-0.3, -0.25) is 9.59 Å². The van der Waals surface area contributed by atoms with Crippen molar-refractivity contribution in [1.29, 1.82) is 0 Å². The number of aldehydes is 1. The summed E-state index contributed by atoms with van der Waals surface area (Å²) in [5, 5.41) is -0.380. The first-order valence-corrected chi connectivity index (χ1v) is 4.52. The molecule has 0 aliphatic carbocycles. The van der Waals surface area contributed by atoms with Gasteiger partial charge in [0.15, 0.2) is 12.1 Å². The monoisotopic (exact) mass is 250 g/mol. The van der Waals surface area contributed by atoms with Crippen LogP contribution >= 0.6 is 11.6 Å². The van der Waals surface area contributed by atoms with E-state index >= 15 is 0 Å². The van der Waals surface area contributed by atoms with Gasteiger partial charge in [-0.15, -0.1) is 0 Å². The average Bonchev–Trinajstić information content (AvgIpc) is 2.14. The van der Waals surface area contributed by atoms with Crippen LogP contribution in [0.5, 0.6) is 0 Å². The predicted molar refractivity (Wildman–Crippen MR) is 51.8 cm³/mol. The smallest absolute Gasteiger partial charge is 0.298 e. The number of halogens is 4. The van der Waals surface area contributed by atoms with Crippen molar-refractivity contribution in [2.75, 3.05) is 0 Å². The first-order valence-electron chi connectivity index (χ1n) is 4.14. The topological polar surface area (TPSA) is 34.1 Å². The summed E-state index contributed by atoms with van der Waals surface area (Å²) in [5.41, 5.74) is -2.03. The Kier molecular flexibility index (Phi) is 3.38. The Hall–Kier alpha value is -1.36. The minimum Gasteiger partial charge on any atom is -0.298 e. The van der Waals surface area contributed by atoms with Gasteiger partial charge >= 0.3 is 6.18 Å². The lowest BCUT2D eigenvalue weighted by atomic mass is 10.0. The molecule has 0 aliphatic rings. The molecule has 0 atom stereocenters. The van der Waals surface area contributed by atoms with E-state index in [4.69, 9.17) is 11.6 Å². The number of hydrogen-bond acceptors (Lipinski definition) is 2. The lowest BCUT2D eigenvalue weighted by Crippen LogP contribution is -2.11. The van der Waals surface area contributed by atoms with Gasteiger partial charge in [0.05, 0.1) is 10.6 Å². The number of alkyl halides is 3. The van der Waals surface area contributed by atoms with Gasteiger partial charge in [-0.05, 0) is 19.1 Å². The maximum Gasteiger partial charge on any atom is 0.417 e. The molecule has 0 bridgehead atoms. The van der Waals surface area contributed by atoms with E-state index in [1.54, 1.807) is 0 Å². The highest BCUT2D eigenvalue weighted by Crippen LogP contribution is 2.35. The van der Waals surface area contributed by atoms with Gasteiger partial charge in [-0.1, -0.05) is 11.6 Å². The third-order valence-electron chi connectivity index (χ3n) is 1.96. The Morgan fingerprint density at radius 1 is 1.38 bits per heavy atom. The van der Waals surface area contributed by atoms with Crippen molar-refractivity contribution in [1.82, 2.24) is 0 Å². The molecule has 0 spiro atoms. The van der Waals surface area contributed by atoms with Gasteiger partial charge in [-0.2, -0.15) is 13.2 Å². The molecule has 6 heteroatoms. The first-order chi connectivity index (χ1) is 7.27. The second-order valence-electron chi connectivity index (χ2n) is 3.09. The van der Waals surface area contributed by atoms with Crippen LogP contribution in [0.15, 0.2) is 12.1 Å². The summed E-state index contributed by atoms with van der Waals surface area (Å²) in [6.07, 6.45) is -4.69. The zero-order valence-corrected chi connectivity index (χ0v) is 8.82. The summed E-state index contributed by atoms with van der Waals surface area (Å²) in [6.45, 7) is 1.12. The Labute approximate surface area is 94.0 Å². The van der Waals surface area contributed by atoms with Crippen LogP contribution in [0.2, 0.25) is 5.02 Å². The molecule has 0 radical (unpaired) electrons. The van der Waals surface area contributed by atoms with Crippen LogP contribution in [0.1, 0.15) is 33.2 Å². The van der Waals surface area contributed by atoms with E-state index < -0.39 is 23.1 Å². The normalized spacial score (nSPS) is 11.3. The number of Topliss-reactive ketones (excluding diaryl/α,β-unsaturated/α-hetero) is 1. The van der Waals surface area contributed by atoms with E-state index in [0.29, 0.717) is 6.07 Å². The van der Waals surface area contributed by atoms with E-state index in [-0.39, 0.29) is 16.9 Å². The van der Waals surface area contributed by atoms with Gasteiger partial charge in [0.2, 0.25) is 0 Å². The summed E-state index contributed by atoms with van der Waals surface area (Å²) < 4.78 is 37.6. The van der Waals surface area contributed by atoms with Crippen molar-refractivity contribution in [2.24, 2.45) is 0 Å². The van der Waals surface area contributed by atoms with E-state index in [9.17, 15) is 22.8 Å². The Morgan fingerprint density at radius 2 is 1.94 bits per heavy atom. The highest BCUT2D eigenvalue weighted by atomic mass is 35.5. The van der Waals surface area contributed by atoms with Crippen LogP contribution in [0.3, 0.4) is 0 Å². The van der Waals surface area contributed by atoms with Gasteiger partial charge in [-0.25, -0.2) is 0 Å². The highest BCUT2D eigenvalue weighted by molar-refractivity contribution is 6.33. The van der Waals surface area contributed by atoms with Crippen molar-refractivity contribution >= 4 is 23.7 Å². The van der Waals surface area contributed by atoms with E-state index in [1.165, 1.54) is 0 Å². The molecule has 1 rings (SSSR count). The number of benzene rings is 1. The van der Waals surface area contributed by atoms with Crippen LogP contribution in [-0.4, -0.2) is 12.1 Å². The van der Waals surface area contributed by atoms with Gasteiger partial charge < -0.3 is 0 Å². The SMILES string of the molecule is CC(=O)c1cc(Cl)c(C=O)c(C(F)(F)F)c1. The fourth-order valence-corrected chi connectivity index (χ4v) is 1.44. The predicted octanol–water partition coefficient (Wildman–Crippen LogP) is 3.37. The molecule has 2 nitrogen and oxygen atoms in total. The fourth-order valence-electron chi connectivity index (χ4n) is 1.18. The summed E-state index contributed by atoms with van der Waals surface area (Å²) in [7, 11) is 0. The van der Waals surface area contributed by atoms with Crippen LogP contribution in [0, 0.1) is 0 Å². The third kappa shape index (κ3) is 2.41. The van der Waals surface area contributed by atoms with E-state index in [2.05, 4.69) is 0 Å². The maximum atomic E-state index is 12.5. The van der Waals surface area contributed by atoms with Gasteiger partial charge in [0.1, 0.15) is 0 Å². The largest absolute Gasteiger partial charge is 0.417 e.